The summed E-state index contributed by atoms with van der Waals surface area (Å²) in [6.07, 6.45) is 2.19. The summed E-state index contributed by atoms with van der Waals surface area (Å²) in [7, 11) is 0. The molecule has 4 heteroatoms. The van der Waals surface area contributed by atoms with Crippen LogP contribution in [0.3, 0.4) is 0 Å². The van der Waals surface area contributed by atoms with Crippen LogP contribution in [0.15, 0.2) is 22.7 Å². The van der Waals surface area contributed by atoms with E-state index >= 15 is 0 Å². The van der Waals surface area contributed by atoms with Crippen molar-refractivity contribution >= 4 is 27.5 Å². The summed E-state index contributed by atoms with van der Waals surface area (Å²) in [5.74, 6) is 0. The molecule has 0 radical (unpaired) electrons. The molecule has 2 nitrogen and oxygen atoms in total. The molecule has 0 saturated carbocycles. The number of hydrogen-bond acceptors (Lipinski definition) is 2. The highest BCUT2D eigenvalue weighted by Crippen LogP contribution is 2.26. The van der Waals surface area contributed by atoms with Crippen molar-refractivity contribution in [2.24, 2.45) is 0 Å². The summed E-state index contributed by atoms with van der Waals surface area (Å²) in [6.45, 7) is 2.59. The summed E-state index contributed by atoms with van der Waals surface area (Å²) in [6, 6.07) is 6.53. The van der Waals surface area contributed by atoms with Gasteiger partial charge < -0.3 is 10.1 Å². The van der Waals surface area contributed by atoms with Gasteiger partial charge in [-0.05, 0) is 40.4 Å². The van der Waals surface area contributed by atoms with Gasteiger partial charge in [0.2, 0.25) is 0 Å². The van der Waals surface area contributed by atoms with Crippen LogP contribution in [0, 0.1) is 0 Å². The third kappa shape index (κ3) is 3.20. The molecule has 0 amide bonds. The number of ether oxygens (including phenoxy) is 1. The molecule has 1 saturated heterocycles. The minimum absolute atomic E-state index is 0.569. The fourth-order valence-corrected chi connectivity index (χ4v) is 2.44. The van der Waals surface area contributed by atoms with Crippen molar-refractivity contribution in [2.75, 3.05) is 13.2 Å². The van der Waals surface area contributed by atoms with E-state index in [0.29, 0.717) is 6.04 Å². The largest absolute Gasteiger partial charge is 0.381 e. The minimum Gasteiger partial charge on any atom is -0.381 e. The SMILES string of the molecule is Clc1cccc(CNC2CCOCC2)c1Br. The van der Waals surface area contributed by atoms with Crippen molar-refractivity contribution in [2.45, 2.75) is 25.4 Å². The molecule has 1 N–H and O–H groups in total. The third-order valence-electron chi connectivity index (χ3n) is 2.83. The Bertz CT molecular complexity index is 353. The van der Waals surface area contributed by atoms with Crippen molar-refractivity contribution in [3.05, 3.63) is 33.3 Å². The minimum atomic E-state index is 0.569. The first kappa shape index (κ1) is 12.4. The van der Waals surface area contributed by atoms with Crippen LogP contribution in [0.5, 0.6) is 0 Å². The molecule has 1 aromatic carbocycles. The summed E-state index contributed by atoms with van der Waals surface area (Å²) in [5, 5.41) is 4.31. The van der Waals surface area contributed by atoms with E-state index in [1.807, 2.05) is 12.1 Å². The van der Waals surface area contributed by atoms with Crippen LogP contribution in [0.2, 0.25) is 5.02 Å². The lowest BCUT2D eigenvalue weighted by Crippen LogP contribution is -2.34. The third-order valence-corrected chi connectivity index (χ3v) is 4.31. The van der Waals surface area contributed by atoms with Gasteiger partial charge in [0.05, 0.1) is 5.02 Å². The predicted molar refractivity (Wildman–Crippen MR) is 69.8 cm³/mol. The van der Waals surface area contributed by atoms with Crippen molar-refractivity contribution in [3.63, 3.8) is 0 Å². The lowest BCUT2D eigenvalue weighted by Gasteiger charge is -2.23. The first-order valence-corrected chi connectivity index (χ1v) is 6.68. The zero-order valence-corrected chi connectivity index (χ0v) is 11.4. The van der Waals surface area contributed by atoms with E-state index in [0.717, 1.165) is 42.1 Å². The standard InChI is InChI=1S/C12H15BrClNO/c13-12-9(2-1-3-11(12)14)8-15-10-4-6-16-7-5-10/h1-3,10,15H,4-8H2. The van der Waals surface area contributed by atoms with Gasteiger partial charge in [0, 0.05) is 30.3 Å². The Kier molecular flexibility index (Phi) is 4.65. The van der Waals surface area contributed by atoms with Gasteiger partial charge in [0.1, 0.15) is 0 Å². The lowest BCUT2D eigenvalue weighted by molar-refractivity contribution is 0.0776. The van der Waals surface area contributed by atoms with E-state index in [1.54, 1.807) is 0 Å². The van der Waals surface area contributed by atoms with Crippen molar-refractivity contribution in [1.82, 2.24) is 5.32 Å². The second-order valence-electron chi connectivity index (χ2n) is 3.98. The first-order valence-electron chi connectivity index (χ1n) is 5.51. The molecule has 1 heterocycles. The van der Waals surface area contributed by atoms with E-state index < -0.39 is 0 Å². The van der Waals surface area contributed by atoms with Crippen LogP contribution in [-0.2, 0) is 11.3 Å². The predicted octanol–water partition coefficient (Wildman–Crippen LogP) is 3.37. The number of benzene rings is 1. The lowest BCUT2D eigenvalue weighted by atomic mass is 10.1. The Hall–Kier alpha value is -0.0900. The highest BCUT2D eigenvalue weighted by atomic mass is 79.9. The van der Waals surface area contributed by atoms with Gasteiger partial charge in [-0.3, -0.25) is 0 Å². The Balaban J connectivity index is 1.91. The summed E-state index contributed by atoms with van der Waals surface area (Å²) in [4.78, 5) is 0. The number of rotatable bonds is 3. The zero-order valence-electron chi connectivity index (χ0n) is 9.01. The molecule has 0 bridgehead atoms. The Labute approximate surface area is 109 Å². The summed E-state index contributed by atoms with van der Waals surface area (Å²) < 4.78 is 6.32. The van der Waals surface area contributed by atoms with Crippen molar-refractivity contribution in [1.29, 1.82) is 0 Å². The molecule has 88 valence electrons. The molecule has 0 spiro atoms. The molecule has 0 aliphatic carbocycles. The van der Waals surface area contributed by atoms with E-state index in [9.17, 15) is 0 Å². The van der Waals surface area contributed by atoms with E-state index in [-0.39, 0.29) is 0 Å². The van der Waals surface area contributed by atoms with Crippen LogP contribution < -0.4 is 5.32 Å². The molecule has 1 aliphatic rings. The number of hydrogen-bond donors (Lipinski definition) is 1. The Morgan fingerprint density at radius 1 is 1.38 bits per heavy atom. The molecule has 16 heavy (non-hydrogen) atoms. The topological polar surface area (TPSA) is 21.3 Å². The molecule has 0 aromatic heterocycles. The van der Waals surface area contributed by atoms with Gasteiger partial charge in [-0.1, -0.05) is 23.7 Å². The zero-order chi connectivity index (χ0) is 11.4. The molecule has 1 aliphatic heterocycles. The van der Waals surface area contributed by atoms with Gasteiger partial charge in [-0.15, -0.1) is 0 Å². The molecule has 2 rings (SSSR count). The quantitative estimate of drug-likeness (QED) is 0.924. The van der Waals surface area contributed by atoms with Gasteiger partial charge in [-0.2, -0.15) is 0 Å². The van der Waals surface area contributed by atoms with Crippen LogP contribution in [0.4, 0.5) is 0 Å². The van der Waals surface area contributed by atoms with Crippen molar-refractivity contribution < 1.29 is 4.74 Å². The summed E-state index contributed by atoms with van der Waals surface area (Å²) >= 11 is 9.55. The summed E-state index contributed by atoms with van der Waals surface area (Å²) in [5.41, 5.74) is 1.21. The highest BCUT2D eigenvalue weighted by Gasteiger charge is 2.13. The average Bonchev–Trinajstić information content (AvgIpc) is 2.32. The molecule has 1 aromatic rings. The second kappa shape index (κ2) is 6.01. The molecule has 0 unspecified atom stereocenters. The Morgan fingerprint density at radius 3 is 2.88 bits per heavy atom. The van der Waals surface area contributed by atoms with E-state index in [2.05, 4.69) is 27.3 Å². The van der Waals surface area contributed by atoms with Gasteiger partial charge in [-0.25, -0.2) is 0 Å². The van der Waals surface area contributed by atoms with E-state index in [4.69, 9.17) is 16.3 Å². The monoisotopic (exact) mass is 303 g/mol. The second-order valence-corrected chi connectivity index (χ2v) is 5.18. The first-order chi connectivity index (χ1) is 7.77. The Morgan fingerprint density at radius 2 is 2.12 bits per heavy atom. The van der Waals surface area contributed by atoms with Gasteiger partial charge in [0.15, 0.2) is 0 Å². The van der Waals surface area contributed by atoms with Crippen LogP contribution in [-0.4, -0.2) is 19.3 Å². The van der Waals surface area contributed by atoms with Crippen LogP contribution in [0.1, 0.15) is 18.4 Å². The highest BCUT2D eigenvalue weighted by molar-refractivity contribution is 9.10. The maximum Gasteiger partial charge on any atom is 0.0551 e. The molecule has 1 fully saturated rings. The van der Waals surface area contributed by atoms with Gasteiger partial charge in [0.25, 0.3) is 0 Å². The number of nitrogens with one attached hydrogen (secondary N) is 1. The number of halogens is 2. The van der Waals surface area contributed by atoms with Crippen LogP contribution >= 0.6 is 27.5 Å². The average molecular weight is 305 g/mol. The molecular weight excluding hydrogens is 289 g/mol. The maximum absolute atomic E-state index is 6.04. The molecule has 0 atom stereocenters. The smallest absolute Gasteiger partial charge is 0.0551 e. The molecular formula is C12H15BrClNO. The maximum atomic E-state index is 6.04. The fourth-order valence-electron chi connectivity index (χ4n) is 1.84. The normalized spacial score (nSPS) is 17.6. The fraction of sp³-hybridized carbons (Fsp3) is 0.500. The van der Waals surface area contributed by atoms with Crippen molar-refractivity contribution in [3.8, 4) is 0 Å². The van der Waals surface area contributed by atoms with Gasteiger partial charge >= 0.3 is 0 Å². The van der Waals surface area contributed by atoms with E-state index in [1.165, 1.54) is 5.56 Å². The van der Waals surface area contributed by atoms with Crippen LogP contribution in [0.25, 0.3) is 0 Å².